The molecule has 1 aliphatic carbocycles. The van der Waals surface area contributed by atoms with E-state index in [9.17, 15) is 9.90 Å². The summed E-state index contributed by atoms with van der Waals surface area (Å²) < 4.78 is 5.07. The maximum Gasteiger partial charge on any atom is 0.315 e. The molecule has 1 heterocycles. The Morgan fingerprint density at radius 1 is 1.35 bits per heavy atom. The van der Waals surface area contributed by atoms with Gasteiger partial charge in [-0.1, -0.05) is 25.3 Å². The van der Waals surface area contributed by atoms with Gasteiger partial charge in [-0.05, 0) is 18.9 Å². The van der Waals surface area contributed by atoms with Gasteiger partial charge in [0.1, 0.15) is 5.41 Å². The quantitative estimate of drug-likeness (QED) is 0.873. The number of carboxylic acids is 1. The zero-order valence-corrected chi connectivity index (χ0v) is 9.98. The Kier molecular flexibility index (Phi) is 3.31. The summed E-state index contributed by atoms with van der Waals surface area (Å²) in [5, 5.41) is 9.52. The third kappa shape index (κ3) is 2.12. The highest BCUT2D eigenvalue weighted by atomic mass is 16.5. The van der Waals surface area contributed by atoms with Crippen LogP contribution in [0.3, 0.4) is 0 Å². The van der Waals surface area contributed by atoms with Gasteiger partial charge in [-0.15, -0.1) is 0 Å². The van der Waals surface area contributed by atoms with E-state index in [0.717, 1.165) is 19.3 Å². The van der Waals surface area contributed by atoms with Crippen molar-refractivity contribution >= 4 is 5.97 Å². The first-order chi connectivity index (χ1) is 8.19. The van der Waals surface area contributed by atoms with Crippen LogP contribution in [0.25, 0.3) is 0 Å². The Morgan fingerprint density at radius 3 is 2.65 bits per heavy atom. The Hall–Kier alpha value is -1.58. The number of aromatic nitrogens is 1. The van der Waals surface area contributed by atoms with Crippen LogP contribution in [0.2, 0.25) is 0 Å². The number of hydrogen-bond acceptors (Lipinski definition) is 3. The fourth-order valence-corrected chi connectivity index (χ4v) is 2.53. The molecular formula is C13H17NO3. The van der Waals surface area contributed by atoms with Crippen molar-refractivity contribution in [1.29, 1.82) is 0 Å². The van der Waals surface area contributed by atoms with Crippen LogP contribution in [0.1, 0.15) is 37.8 Å². The normalized spacial score (nSPS) is 18.6. The number of aliphatic carboxylic acids is 1. The molecule has 4 heteroatoms. The van der Waals surface area contributed by atoms with E-state index in [-0.39, 0.29) is 0 Å². The Labute approximate surface area is 101 Å². The first-order valence-electron chi connectivity index (χ1n) is 5.94. The zero-order chi connectivity index (χ0) is 12.3. The molecule has 1 saturated carbocycles. The summed E-state index contributed by atoms with van der Waals surface area (Å²) in [6.07, 6.45) is 4.35. The van der Waals surface area contributed by atoms with Crippen LogP contribution >= 0.6 is 0 Å². The van der Waals surface area contributed by atoms with E-state index < -0.39 is 11.4 Å². The monoisotopic (exact) mass is 235 g/mol. The number of methoxy groups -OCH3 is 1. The van der Waals surface area contributed by atoms with Crippen molar-refractivity contribution in [2.45, 2.75) is 37.5 Å². The number of rotatable bonds is 3. The molecule has 0 saturated heterocycles. The van der Waals surface area contributed by atoms with Gasteiger partial charge < -0.3 is 9.84 Å². The Morgan fingerprint density at radius 2 is 2.06 bits per heavy atom. The zero-order valence-electron chi connectivity index (χ0n) is 9.98. The minimum atomic E-state index is -0.813. The summed E-state index contributed by atoms with van der Waals surface area (Å²) >= 11 is 0. The van der Waals surface area contributed by atoms with Gasteiger partial charge in [0.15, 0.2) is 0 Å². The molecule has 0 aliphatic heterocycles. The van der Waals surface area contributed by atoms with Crippen LogP contribution in [0.4, 0.5) is 0 Å². The largest absolute Gasteiger partial charge is 0.481 e. The second-order valence-electron chi connectivity index (χ2n) is 4.51. The molecule has 0 spiro atoms. The van der Waals surface area contributed by atoms with Crippen LogP contribution in [-0.2, 0) is 10.2 Å². The number of ether oxygens (including phenoxy) is 1. The molecule has 1 aliphatic rings. The Bertz CT molecular complexity index is 411. The van der Waals surface area contributed by atoms with Crippen molar-refractivity contribution < 1.29 is 14.6 Å². The van der Waals surface area contributed by atoms with Gasteiger partial charge in [-0.25, -0.2) is 4.98 Å². The van der Waals surface area contributed by atoms with Crippen molar-refractivity contribution in [1.82, 2.24) is 4.98 Å². The minimum Gasteiger partial charge on any atom is -0.481 e. The van der Waals surface area contributed by atoms with Gasteiger partial charge in [-0.2, -0.15) is 0 Å². The van der Waals surface area contributed by atoms with E-state index in [4.69, 9.17) is 4.74 Å². The second-order valence-corrected chi connectivity index (χ2v) is 4.51. The highest BCUT2D eigenvalue weighted by Gasteiger charge is 2.42. The average molecular weight is 235 g/mol. The minimum absolute atomic E-state index is 0.480. The summed E-state index contributed by atoms with van der Waals surface area (Å²) in [4.78, 5) is 15.9. The number of hydrogen-bond donors (Lipinski definition) is 1. The molecule has 92 valence electrons. The number of nitrogens with zero attached hydrogens (tertiary/aromatic N) is 1. The van der Waals surface area contributed by atoms with Gasteiger partial charge in [0.05, 0.1) is 12.8 Å². The first kappa shape index (κ1) is 11.9. The number of pyridine rings is 1. The van der Waals surface area contributed by atoms with Crippen molar-refractivity contribution in [3.63, 3.8) is 0 Å². The fourth-order valence-electron chi connectivity index (χ4n) is 2.53. The molecule has 1 aromatic rings. The van der Waals surface area contributed by atoms with E-state index in [0.29, 0.717) is 24.4 Å². The Balaban J connectivity index is 2.41. The van der Waals surface area contributed by atoms with Crippen molar-refractivity contribution in [3.8, 4) is 5.88 Å². The molecule has 2 rings (SSSR count). The average Bonchev–Trinajstić information content (AvgIpc) is 2.39. The lowest BCUT2D eigenvalue weighted by Crippen LogP contribution is -2.38. The predicted octanol–water partition coefficient (Wildman–Crippen LogP) is 2.38. The third-order valence-corrected chi connectivity index (χ3v) is 3.54. The third-order valence-electron chi connectivity index (χ3n) is 3.54. The van der Waals surface area contributed by atoms with Gasteiger partial charge in [-0.3, -0.25) is 4.79 Å². The van der Waals surface area contributed by atoms with Crippen LogP contribution in [0.15, 0.2) is 18.2 Å². The SMILES string of the molecule is COc1cccc(C2(C(=O)O)CCCCC2)n1. The van der Waals surface area contributed by atoms with E-state index in [1.807, 2.05) is 0 Å². The molecular weight excluding hydrogens is 218 g/mol. The van der Waals surface area contributed by atoms with Crippen LogP contribution < -0.4 is 4.74 Å². The van der Waals surface area contributed by atoms with Crippen LogP contribution in [0.5, 0.6) is 5.88 Å². The predicted molar refractivity (Wildman–Crippen MR) is 63.2 cm³/mol. The molecule has 0 aromatic carbocycles. The molecule has 0 amide bonds. The lowest BCUT2D eigenvalue weighted by Gasteiger charge is -2.32. The number of carbonyl (C=O) groups is 1. The highest BCUT2D eigenvalue weighted by molar-refractivity contribution is 5.80. The smallest absolute Gasteiger partial charge is 0.315 e. The van der Waals surface area contributed by atoms with Gasteiger partial charge in [0.25, 0.3) is 0 Å². The van der Waals surface area contributed by atoms with E-state index in [1.165, 1.54) is 0 Å². The molecule has 17 heavy (non-hydrogen) atoms. The van der Waals surface area contributed by atoms with Crippen LogP contribution in [-0.4, -0.2) is 23.2 Å². The van der Waals surface area contributed by atoms with Crippen molar-refractivity contribution in [2.75, 3.05) is 7.11 Å². The van der Waals surface area contributed by atoms with Gasteiger partial charge >= 0.3 is 5.97 Å². The summed E-state index contributed by atoms with van der Waals surface area (Å²) in [6, 6.07) is 5.34. The molecule has 0 radical (unpaired) electrons. The summed E-state index contributed by atoms with van der Waals surface area (Å²) in [7, 11) is 1.54. The second kappa shape index (κ2) is 4.73. The molecule has 1 N–H and O–H groups in total. The molecule has 1 aromatic heterocycles. The highest BCUT2D eigenvalue weighted by Crippen LogP contribution is 2.39. The molecule has 0 bridgehead atoms. The van der Waals surface area contributed by atoms with E-state index >= 15 is 0 Å². The number of carboxylic acid groups (broad SMARTS) is 1. The molecule has 4 nitrogen and oxygen atoms in total. The maximum absolute atomic E-state index is 11.6. The van der Waals surface area contributed by atoms with Gasteiger partial charge in [0.2, 0.25) is 5.88 Å². The van der Waals surface area contributed by atoms with E-state index in [2.05, 4.69) is 4.98 Å². The maximum atomic E-state index is 11.6. The lowest BCUT2D eigenvalue weighted by molar-refractivity contribution is -0.145. The molecule has 0 atom stereocenters. The standard InChI is InChI=1S/C13H17NO3/c1-17-11-7-5-6-10(14-11)13(12(15)16)8-3-2-4-9-13/h5-7H,2-4,8-9H2,1H3,(H,15,16). The van der Waals surface area contributed by atoms with Crippen molar-refractivity contribution in [3.05, 3.63) is 23.9 Å². The summed E-state index contributed by atoms with van der Waals surface area (Å²) in [5.74, 6) is -0.286. The van der Waals surface area contributed by atoms with Crippen LogP contribution in [0, 0.1) is 0 Å². The first-order valence-corrected chi connectivity index (χ1v) is 5.94. The topological polar surface area (TPSA) is 59.4 Å². The lowest BCUT2D eigenvalue weighted by atomic mass is 9.71. The summed E-state index contributed by atoms with van der Waals surface area (Å²) in [6.45, 7) is 0. The summed E-state index contributed by atoms with van der Waals surface area (Å²) in [5.41, 5.74) is -0.184. The molecule has 1 fully saturated rings. The van der Waals surface area contributed by atoms with Crippen molar-refractivity contribution in [2.24, 2.45) is 0 Å². The fraction of sp³-hybridized carbons (Fsp3) is 0.538. The molecule has 0 unspecified atom stereocenters. The van der Waals surface area contributed by atoms with E-state index in [1.54, 1.807) is 25.3 Å². The van der Waals surface area contributed by atoms with Gasteiger partial charge in [0, 0.05) is 6.07 Å².